The minimum atomic E-state index is -0.493. The number of carbonyl (C=O) groups is 2. The van der Waals surface area contributed by atoms with Gasteiger partial charge in [0.25, 0.3) is 11.8 Å². The van der Waals surface area contributed by atoms with Crippen molar-refractivity contribution >= 4 is 17.6 Å². The second-order valence-electron chi connectivity index (χ2n) is 6.79. The van der Waals surface area contributed by atoms with Gasteiger partial charge in [-0.05, 0) is 48.7 Å². The number of carbonyl (C=O) groups excluding carboxylic acids is 2. The highest BCUT2D eigenvalue weighted by molar-refractivity contribution is 5.98. The highest BCUT2D eigenvalue weighted by Gasteiger charge is 2.25. The molecule has 3 heterocycles. The van der Waals surface area contributed by atoms with E-state index in [-0.39, 0.29) is 5.91 Å². The number of nitrogens with two attached hydrogens (primary N) is 1. The van der Waals surface area contributed by atoms with Gasteiger partial charge in [-0.1, -0.05) is 0 Å². The second kappa shape index (κ2) is 7.26. The summed E-state index contributed by atoms with van der Waals surface area (Å²) in [4.78, 5) is 32.7. The summed E-state index contributed by atoms with van der Waals surface area (Å²) >= 11 is 0. The summed E-state index contributed by atoms with van der Waals surface area (Å²) in [7, 11) is 0. The highest BCUT2D eigenvalue weighted by Crippen LogP contribution is 2.26. The predicted molar refractivity (Wildman–Crippen MR) is 101 cm³/mol. The average Bonchev–Trinajstić information content (AvgIpc) is 2.73. The Balaban J connectivity index is 1.45. The van der Waals surface area contributed by atoms with Crippen molar-refractivity contribution in [3.05, 3.63) is 53.2 Å². The molecule has 4 rings (SSSR count). The number of benzene rings is 1. The van der Waals surface area contributed by atoms with Crippen molar-refractivity contribution < 1.29 is 14.3 Å². The molecule has 2 N–H and O–H groups in total. The number of piperazine rings is 1. The second-order valence-corrected chi connectivity index (χ2v) is 6.79. The SMILES string of the molecule is NC(=O)c1cccnc1N1CCN(C(=O)c2ccc3c(c2)CCCO3)CC1. The summed E-state index contributed by atoms with van der Waals surface area (Å²) in [5, 5.41) is 0. The molecular weight excluding hydrogens is 344 g/mol. The van der Waals surface area contributed by atoms with Gasteiger partial charge in [-0.3, -0.25) is 9.59 Å². The van der Waals surface area contributed by atoms with Crippen LogP contribution in [0.1, 0.15) is 32.7 Å². The van der Waals surface area contributed by atoms with E-state index in [9.17, 15) is 9.59 Å². The summed E-state index contributed by atoms with van der Waals surface area (Å²) in [6.07, 6.45) is 3.57. The van der Waals surface area contributed by atoms with Crippen LogP contribution in [0.4, 0.5) is 5.82 Å². The van der Waals surface area contributed by atoms with Crippen LogP contribution in [-0.4, -0.2) is 54.5 Å². The van der Waals surface area contributed by atoms with Crippen molar-refractivity contribution in [2.45, 2.75) is 12.8 Å². The Labute approximate surface area is 157 Å². The summed E-state index contributed by atoms with van der Waals surface area (Å²) in [5.41, 5.74) is 7.66. The smallest absolute Gasteiger partial charge is 0.253 e. The van der Waals surface area contributed by atoms with E-state index in [1.54, 1.807) is 18.3 Å². The van der Waals surface area contributed by atoms with Gasteiger partial charge < -0.3 is 20.3 Å². The number of amides is 2. The number of fused-ring (bicyclic) bond motifs is 1. The molecule has 7 heteroatoms. The van der Waals surface area contributed by atoms with Crippen LogP contribution in [0.2, 0.25) is 0 Å². The Morgan fingerprint density at radius 1 is 1.11 bits per heavy atom. The largest absolute Gasteiger partial charge is 0.493 e. The number of aryl methyl sites for hydroxylation is 1. The Kier molecular flexibility index (Phi) is 4.66. The van der Waals surface area contributed by atoms with E-state index in [1.807, 2.05) is 28.0 Å². The van der Waals surface area contributed by atoms with Crippen LogP contribution >= 0.6 is 0 Å². The maximum absolute atomic E-state index is 12.9. The maximum atomic E-state index is 12.9. The van der Waals surface area contributed by atoms with E-state index in [1.165, 1.54) is 0 Å². The summed E-state index contributed by atoms with van der Waals surface area (Å²) in [5.74, 6) is 1.01. The zero-order valence-corrected chi connectivity index (χ0v) is 15.1. The predicted octanol–water partition coefficient (Wildman–Crippen LogP) is 1.47. The summed E-state index contributed by atoms with van der Waals surface area (Å²) in [6.45, 7) is 3.10. The molecule has 0 spiro atoms. The lowest BCUT2D eigenvalue weighted by atomic mass is 10.0. The van der Waals surface area contributed by atoms with Crippen molar-refractivity contribution in [3.8, 4) is 5.75 Å². The molecule has 2 aromatic rings. The quantitative estimate of drug-likeness (QED) is 0.889. The number of hydrogen-bond donors (Lipinski definition) is 1. The van der Waals surface area contributed by atoms with E-state index in [0.717, 1.165) is 30.8 Å². The van der Waals surface area contributed by atoms with Crippen LogP contribution in [0.5, 0.6) is 5.75 Å². The average molecular weight is 366 g/mol. The van der Waals surface area contributed by atoms with E-state index < -0.39 is 5.91 Å². The number of nitrogens with zero attached hydrogens (tertiary/aromatic N) is 3. The van der Waals surface area contributed by atoms with Gasteiger partial charge in [0.05, 0.1) is 12.2 Å². The van der Waals surface area contributed by atoms with Crippen LogP contribution < -0.4 is 15.4 Å². The van der Waals surface area contributed by atoms with Gasteiger partial charge in [0.1, 0.15) is 11.6 Å². The molecule has 0 unspecified atom stereocenters. The zero-order chi connectivity index (χ0) is 18.8. The molecule has 1 saturated heterocycles. The van der Waals surface area contributed by atoms with E-state index in [2.05, 4.69) is 4.98 Å². The number of anilines is 1. The summed E-state index contributed by atoms with van der Waals surface area (Å²) < 4.78 is 5.62. The minimum absolute atomic E-state index is 0.0270. The lowest BCUT2D eigenvalue weighted by Gasteiger charge is -2.36. The lowest BCUT2D eigenvalue weighted by Crippen LogP contribution is -2.49. The third-order valence-electron chi connectivity index (χ3n) is 5.07. The van der Waals surface area contributed by atoms with Crippen LogP contribution in [0.25, 0.3) is 0 Å². The van der Waals surface area contributed by atoms with Gasteiger partial charge >= 0.3 is 0 Å². The molecule has 140 valence electrons. The molecule has 0 saturated carbocycles. The van der Waals surface area contributed by atoms with Crippen molar-refractivity contribution in [2.75, 3.05) is 37.7 Å². The standard InChI is InChI=1S/C20H22N4O3/c21-18(25)16-4-1-7-22-19(16)23-8-10-24(11-9-23)20(26)15-5-6-17-14(13-15)3-2-12-27-17/h1,4-7,13H,2-3,8-12H2,(H2,21,25). The Bertz CT molecular complexity index is 875. The number of aromatic nitrogens is 1. The number of pyridine rings is 1. The molecule has 0 bridgehead atoms. The molecule has 0 radical (unpaired) electrons. The van der Waals surface area contributed by atoms with Gasteiger partial charge in [-0.15, -0.1) is 0 Å². The molecule has 1 fully saturated rings. The van der Waals surface area contributed by atoms with E-state index in [0.29, 0.717) is 43.1 Å². The number of primary amides is 1. The van der Waals surface area contributed by atoms with Gasteiger partial charge in [0, 0.05) is 37.9 Å². The Hall–Kier alpha value is -3.09. The van der Waals surface area contributed by atoms with Crippen molar-refractivity contribution in [1.82, 2.24) is 9.88 Å². The first-order valence-electron chi connectivity index (χ1n) is 9.18. The molecule has 1 aromatic carbocycles. The highest BCUT2D eigenvalue weighted by atomic mass is 16.5. The van der Waals surface area contributed by atoms with Crippen LogP contribution in [0.15, 0.2) is 36.5 Å². The molecule has 2 aliphatic heterocycles. The topological polar surface area (TPSA) is 88.8 Å². The fourth-order valence-corrected chi connectivity index (χ4v) is 3.64. The third-order valence-corrected chi connectivity index (χ3v) is 5.07. The van der Waals surface area contributed by atoms with Gasteiger partial charge in [-0.25, -0.2) is 4.98 Å². The lowest BCUT2D eigenvalue weighted by molar-refractivity contribution is 0.0745. The van der Waals surface area contributed by atoms with Gasteiger partial charge in [-0.2, -0.15) is 0 Å². The van der Waals surface area contributed by atoms with Crippen LogP contribution in [-0.2, 0) is 6.42 Å². The Morgan fingerprint density at radius 3 is 2.70 bits per heavy atom. The van der Waals surface area contributed by atoms with Crippen molar-refractivity contribution in [2.24, 2.45) is 5.73 Å². The van der Waals surface area contributed by atoms with E-state index in [4.69, 9.17) is 10.5 Å². The van der Waals surface area contributed by atoms with Gasteiger partial charge in [0.2, 0.25) is 0 Å². The molecule has 0 aliphatic carbocycles. The van der Waals surface area contributed by atoms with Crippen LogP contribution in [0, 0.1) is 0 Å². The normalized spacial score (nSPS) is 16.4. The first-order valence-corrected chi connectivity index (χ1v) is 9.18. The molecular formula is C20H22N4O3. The number of ether oxygens (including phenoxy) is 1. The fourth-order valence-electron chi connectivity index (χ4n) is 3.64. The molecule has 7 nitrogen and oxygen atoms in total. The zero-order valence-electron chi connectivity index (χ0n) is 15.1. The summed E-state index contributed by atoms with van der Waals surface area (Å²) in [6, 6.07) is 9.06. The minimum Gasteiger partial charge on any atom is -0.493 e. The molecule has 2 amide bonds. The Morgan fingerprint density at radius 2 is 1.93 bits per heavy atom. The van der Waals surface area contributed by atoms with Crippen LogP contribution in [0.3, 0.4) is 0 Å². The molecule has 27 heavy (non-hydrogen) atoms. The van der Waals surface area contributed by atoms with E-state index >= 15 is 0 Å². The first-order chi connectivity index (χ1) is 13.1. The monoisotopic (exact) mass is 366 g/mol. The first kappa shape index (κ1) is 17.3. The number of rotatable bonds is 3. The molecule has 1 aromatic heterocycles. The fraction of sp³-hybridized carbons (Fsp3) is 0.350. The van der Waals surface area contributed by atoms with Crippen molar-refractivity contribution in [1.29, 1.82) is 0 Å². The number of hydrogen-bond acceptors (Lipinski definition) is 5. The van der Waals surface area contributed by atoms with Crippen molar-refractivity contribution in [3.63, 3.8) is 0 Å². The molecule has 2 aliphatic rings. The third kappa shape index (κ3) is 3.45. The maximum Gasteiger partial charge on any atom is 0.253 e. The molecule has 0 atom stereocenters. The van der Waals surface area contributed by atoms with Gasteiger partial charge in [0.15, 0.2) is 0 Å².